The van der Waals surface area contributed by atoms with Crippen LogP contribution in [-0.2, 0) is 0 Å². The lowest BCUT2D eigenvalue weighted by molar-refractivity contribution is 0.304. The van der Waals surface area contributed by atoms with Gasteiger partial charge in [0.15, 0.2) is 0 Å². The molecular weight excluding hydrogens is 214 g/mol. The van der Waals surface area contributed by atoms with Crippen molar-refractivity contribution in [2.24, 2.45) is 0 Å². The molecule has 17 heavy (non-hydrogen) atoms. The Labute approximate surface area is 103 Å². The number of aryl methyl sites for hydroxylation is 1. The van der Waals surface area contributed by atoms with E-state index in [2.05, 4.69) is 22.2 Å². The maximum atomic E-state index is 5.55. The average Bonchev–Trinajstić information content (AvgIpc) is 2.78. The van der Waals surface area contributed by atoms with Gasteiger partial charge in [-0.2, -0.15) is 4.98 Å². The zero-order valence-electron chi connectivity index (χ0n) is 10.7. The van der Waals surface area contributed by atoms with E-state index in [1.54, 1.807) is 0 Å². The maximum Gasteiger partial charge on any atom is 0.218 e. The molecule has 1 N–H and O–H groups in total. The van der Waals surface area contributed by atoms with Gasteiger partial charge in [-0.3, -0.25) is 0 Å². The highest BCUT2D eigenvalue weighted by molar-refractivity contribution is 5.39. The highest BCUT2D eigenvalue weighted by Gasteiger charge is 2.15. The van der Waals surface area contributed by atoms with Crippen LogP contribution in [0, 0.1) is 6.92 Å². The number of hydrogen-bond acceptors (Lipinski definition) is 4. The first-order chi connectivity index (χ1) is 8.28. The molecule has 1 aliphatic rings. The Morgan fingerprint density at radius 2 is 2.12 bits per heavy atom. The highest BCUT2D eigenvalue weighted by Crippen LogP contribution is 2.22. The Kier molecular flexibility index (Phi) is 4.18. The normalized spacial score (nSPS) is 16.1. The van der Waals surface area contributed by atoms with Crippen molar-refractivity contribution >= 4 is 5.82 Å². The van der Waals surface area contributed by atoms with Crippen molar-refractivity contribution in [2.75, 3.05) is 11.9 Å². The zero-order chi connectivity index (χ0) is 12.1. The van der Waals surface area contributed by atoms with Crippen molar-refractivity contribution in [3.63, 3.8) is 0 Å². The maximum absolute atomic E-state index is 5.55. The number of nitrogens with one attached hydrogen (secondary N) is 1. The van der Waals surface area contributed by atoms with Gasteiger partial charge in [-0.25, -0.2) is 4.98 Å². The van der Waals surface area contributed by atoms with Gasteiger partial charge in [0.05, 0.1) is 6.61 Å². The molecule has 0 bridgehead atoms. The van der Waals surface area contributed by atoms with Crippen molar-refractivity contribution in [1.29, 1.82) is 0 Å². The van der Waals surface area contributed by atoms with Crippen molar-refractivity contribution in [1.82, 2.24) is 9.97 Å². The Balaban J connectivity index is 2.02. The van der Waals surface area contributed by atoms with E-state index in [-0.39, 0.29) is 0 Å². The monoisotopic (exact) mass is 235 g/mol. The summed E-state index contributed by atoms with van der Waals surface area (Å²) in [6.07, 6.45) is 6.12. The summed E-state index contributed by atoms with van der Waals surface area (Å²) in [4.78, 5) is 8.68. The van der Waals surface area contributed by atoms with Gasteiger partial charge in [-0.15, -0.1) is 0 Å². The molecule has 1 heterocycles. The summed E-state index contributed by atoms with van der Waals surface area (Å²) >= 11 is 0. The summed E-state index contributed by atoms with van der Waals surface area (Å²) in [5.41, 5.74) is 0. The third kappa shape index (κ3) is 3.58. The molecule has 0 aromatic carbocycles. The molecule has 0 aliphatic heterocycles. The van der Waals surface area contributed by atoms with Crippen LogP contribution in [0.3, 0.4) is 0 Å². The number of aromatic nitrogens is 2. The van der Waals surface area contributed by atoms with E-state index in [9.17, 15) is 0 Å². The minimum Gasteiger partial charge on any atom is -0.478 e. The fraction of sp³-hybridized carbons (Fsp3) is 0.692. The molecule has 0 saturated heterocycles. The predicted molar refractivity (Wildman–Crippen MR) is 68.4 cm³/mol. The first kappa shape index (κ1) is 12.1. The molecule has 1 fully saturated rings. The molecule has 1 aromatic rings. The Bertz CT molecular complexity index is 362. The lowest BCUT2D eigenvalue weighted by Gasteiger charge is -2.14. The summed E-state index contributed by atoms with van der Waals surface area (Å²) in [6.45, 7) is 4.70. The lowest BCUT2D eigenvalue weighted by Crippen LogP contribution is -2.16. The number of ether oxygens (including phenoxy) is 1. The quantitative estimate of drug-likeness (QED) is 0.852. The summed E-state index contributed by atoms with van der Waals surface area (Å²) in [6, 6.07) is 2.48. The number of hydrogen-bond donors (Lipinski definition) is 1. The van der Waals surface area contributed by atoms with E-state index >= 15 is 0 Å². The standard InChI is InChI=1S/C13H21N3O/c1-3-8-17-13-9-12(14-10(2)15-13)16-11-6-4-5-7-11/h9,11H,3-8H2,1-2H3,(H,14,15,16). The number of nitrogens with zero attached hydrogens (tertiary/aromatic N) is 2. The van der Waals surface area contributed by atoms with Crippen LogP contribution in [0.5, 0.6) is 5.88 Å². The van der Waals surface area contributed by atoms with E-state index < -0.39 is 0 Å². The molecule has 1 aliphatic carbocycles. The van der Waals surface area contributed by atoms with Crippen LogP contribution < -0.4 is 10.1 Å². The van der Waals surface area contributed by atoms with Crippen molar-refractivity contribution < 1.29 is 4.74 Å². The van der Waals surface area contributed by atoms with Gasteiger partial charge in [0.25, 0.3) is 0 Å². The van der Waals surface area contributed by atoms with Gasteiger partial charge in [-0.05, 0) is 26.2 Å². The first-order valence-corrected chi connectivity index (χ1v) is 6.53. The second-order valence-electron chi connectivity index (χ2n) is 4.61. The van der Waals surface area contributed by atoms with Gasteiger partial charge >= 0.3 is 0 Å². The van der Waals surface area contributed by atoms with E-state index in [0.717, 1.165) is 18.1 Å². The summed E-state index contributed by atoms with van der Waals surface area (Å²) < 4.78 is 5.55. The van der Waals surface area contributed by atoms with Gasteiger partial charge < -0.3 is 10.1 Å². The zero-order valence-corrected chi connectivity index (χ0v) is 10.7. The summed E-state index contributed by atoms with van der Waals surface area (Å²) in [5.74, 6) is 2.34. The third-order valence-electron chi connectivity index (χ3n) is 2.98. The van der Waals surface area contributed by atoms with Gasteiger partial charge in [0.2, 0.25) is 5.88 Å². The molecule has 1 aromatic heterocycles. The fourth-order valence-electron chi connectivity index (χ4n) is 2.17. The second-order valence-corrected chi connectivity index (χ2v) is 4.61. The van der Waals surface area contributed by atoms with Crippen LogP contribution >= 0.6 is 0 Å². The molecule has 0 radical (unpaired) electrons. The van der Waals surface area contributed by atoms with E-state index in [0.29, 0.717) is 18.5 Å². The number of anilines is 1. The Morgan fingerprint density at radius 1 is 1.35 bits per heavy atom. The van der Waals surface area contributed by atoms with Crippen LogP contribution in [0.4, 0.5) is 5.82 Å². The SMILES string of the molecule is CCCOc1cc(NC2CCCC2)nc(C)n1. The van der Waals surface area contributed by atoms with Crippen LogP contribution in [0.15, 0.2) is 6.07 Å². The van der Waals surface area contributed by atoms with Crippen LogP contribution in [-0.4, -0.2) is 22.6 Å². The largest absolute Gasteiger partial charge is 0.478 e. The van der Waals surface area contributed by atoms with Gasteiger partial charge in [-0.1, -0.05) is 19.8 Å². The Hall–Kier alpha value is -1.32. The van der Waals surface area contributed by atoms with Gasteiger partial charge in [0, 0.05) is 12.1 Å². The minimum absolute atomic E-state index is 0.573. The van der Waals surface area contributed by atoms with Crippen LogP contribution in [0.2, 0.25) is 0 Å². The molecule has 0 amide bonds. The summed E-state index contributed by atoms with van der Waals surface area (Å²) in [7, 11) is 0. The van der Waals surface area contributed by atoms with Crippen molar-refractivity contribution in [3.05, 3.63) is 11.9 Å². The molecule has 0 spiro atoms. The average molecular weight is 235 g/mol. The third-order valence-corrected chi connectivity index (χ3v) is 2.98. The first-order valence-electron chi connectivity index (χ1n) is 6.53. The summed E-state index contributed by atoms with van der Waals surface area (Å²) in [5, 5.41) is 3.47. The molecule has 4 nitrogen and oxygen atoms in total. The fourth-order valence-corrected chi connectivity index (χ4v) is 2.17. The number of rotatable bonds is 5. The van der Waals surface area contributed by atoms with Crippen molar-refractivity contribution in [3.8, 4) is 5.88 Å². The second kappa shape index (κ2) is 5.84. The van der Waals surface area contributed by atoms with E-state index in [4.69, 9.17) is 4.74 Å². The topological polar surface area (TPSA) is 47.0 Å². The molecular formula is C13H21N3O. The van der Waals surface area contributed by atoms with E-state index in [1.165, 1.54) is 25.7 Å². The smallest absolute Gasteiger partial charge is 0.218 e. The predicted octanol–water partition coefficient (Wildman–Crippen LogP) is 2.93. The molecule has 1 saturated carbocycles. The van der Waals surface area contributed by atoms with Crippen LogP contribution in [0.25, 0.3) is 0 Å². The molecule has 94 valence electrons. The minimum atomic E-state index is 0.573. The molecule has 0 atom stereocenters. The Morgan fingerprint density at radius 3 is 2.82 bits per heavy atom. The van der Waals surface area contributed by atoms with Crippen LogP contribution in [0.1, 0.15) is 44.9 Å². The molecule has 4 heteroatoms. The highest BCUT2D eigenvalue weighted by atomic mass is 16.5. The van der Waals surface area contributed by atoms with E-state index in [1.807, 2.05) is 13.0 Å². The lowest BCUT2D eigenvalue weighted by atomic mass is 10.2. The molecule has 0 unspecified atom stereocenters. The molecule has 2 rings (SSSR count). The van der Waals surface area contributed by atoms with Gasteiger partial charge in [0.1, 0.15) is 11.6 Å². The van der Waals surface area contributed by atoms with Crippen molar-refractivity contribution in [2.45, 2.75) is 52.0 Å².